The van der Waals surface area contributed by atoms with Gasteiger partial charge < -0.3 is 11.1 Å². The fraction of sp³-hybridized carbons (Fsp3) is 0.300. The van der Waals surface area contributed by atoms with E-state index >= 15 is 0 Å². The molecule has 0 aromatic heterocycles. The number of carbonyl (C=O) groups excluding carboxylic acids is 2. The molecule has 0 aliphatic carbocycles. The zero-order valence-electron chi connectivity index (χ0n) is 14.7. The lowest BCUT2D eigenvalue weighted by Crippen LogP contribution is -2.33. The van der Waals surface area contributed by atoms with Gasteiger partial charge in [0.15, 0.2) is 0 Å². The minimum Gasteiger partial charge on any atom is -0.368 e. The minimum atomic E-state index is -0.547. The molecular weight excluding hydrogens is 314 g/mol. The Balaban J connectivity index is 1.98. The molecule has 5 nitrogen and oxygen atoms in total. The summed E-state index contributed by atoms with van der Waals surface area (Å²) >= 11 is 0. The summed E-state index contributed by atoms with van der Waals surface area (Å²) in [5, 5.41) is 6.10. The van der Waals surface area contributed by atoms with Crippen molar-refractivity contribution in [1.82, 2.24) is 10.6 Å². The molecule has 2 atom stereocenters. The van der Waals surface area contributed by atoms with E-state index in [1.807, 2.05) is 56.3 Å². The van der Waals surface area contributed by atoms with Gasteiger partial charge in [0.1, 0.15) is 6.04 Å². The van der Waals surface area contributed by atoms with Crippen LogP contribution in [0.15, 0.2) is 54.6 Å². The third-order valence-electron chi connectivity index (χ3n) is 4.13. The van der Waals surface area contributed by atoms with Crippen LogP contribution in [0.4, 0.5) is 0 Å². The second-order valence-corrected chi connectivity index (χ2v) is 6.11. The fourth-order valence-electron chi connectivity index (χ4n) is 2.43. The van der Waals surface area contributed by atoms with Gasteiger partial charge in [-0.3, -0.25) is 14.9 Å². The Hall–Kier alpha value is -2.66. The Morgan fingerprint density at radius 1 is 1.04 bits per heavy atom. The maximum Gasteiger partial charge on any atom is 0.251 e. The van der Waals surface area contributed by atoms with E-state index in [0.717, 1.165) is 17.5 Å². The highest BCUT2D eigenvalue weighted by atomic mass is 16.2. The zero-order valence-corrected chi connectivity index (χ0v) is 14.7. The van der Waals surface area contributed by atoms with E-state index in [2.05, 4.69) is 10.6 Å². The molecule has 2 rings (SSSR count). The molecule has 25 heavy (non-hydrogen) atoms. The second-order valence-electron chi connectivity index (χ2n) is 6.11. The molecule has 0 saturated carbocycles. The quantitative estimate of drug-likeness (QED) is 0.691. The van der Waals surface area contributed by atoms with Crippen molar-refractivity contribution in [1.29, 1.82) is 0 Å². The van der Waals surface area contributed by atoms with E-state index in [1.165, 1.54) is 0 Å². The van der Waals surface area contributed by atoms with Gasteiger partial charge in [0.25, 0.3) is 5.91 Å². The maximum atomic E-state index is 12.1. The molecule has 0 saturated heterocycles. The lowest BCUT2D eigenvalue weighted by molar-refractivity contribution is -0.120. The molecule has 0 aliphatic rings. The van der Waals surface area contributed by atoms with E-state index in [0.29, 0.717) is 12.1 Å². The summed E-state index contributed by atoms with van der Waals surface area (Å²) in [6.07, 6.45) is 0.891. The highest BCUT2D eigenvalue weighted by Crippen LogP contribution is 2.13. The molecular formula is C20H25N3O2. The predicted octanol–water partition coefficient (Wildman–Crippen LogP) is 2.53. The number of nitrogens with one attached hydrogen (secondary N) is 2. The lowest BCUT2D eigenvalue weighted by atomic mass is 10.1. The topological polar surface area (TPSA) is 84.2 Å². The van der Waals surface area contributed by atoms with Gasteiger partial charge in [-0.05, 0) is 36.6 Å². The highest BCUT2D eigenvalue weighted by Gasteiger charge is 2.16. The minimum absolute atomic E-state index is 0.0758. The number of hydrogen-bond acceptors (Lipinski definition) is 3. The average Bonchev–Trinajstić information content (AvgIpc) is 2.62. The van der Waals surface area contributed by atoms with Crippen LogP contribution in [0.2, 0.25) is 0 Å². The molecule has 2 amide bonds. The molecule has 0 bridgehead atoms. The Morgan fingerprint density at radius 2 is 1.68 bits per heavy atom. The monoisotopic (exact) mass is 339 g/mol. The molecule has 2 aromatic rings. The molecule has 0 heterocycles. The summed E-state index contributed by atoms with van der Waals surface area (Å²) in [5.41, 5.74) is 7.93. The van der Waals surface area contributed by atoms with E-state index in [-0.39, 0.29) is 11.9 Å². The lowest BCUT2D eigenvalue weighted by Gasteiger charge is -2.16. The molecule has 0 spiro atoms. The van der Waals surface area contributed by atoms with Crippen molar-refractivity contribution in [2.24, 2.45) is 5.73 Å². The number of carbonyl (C=O) groups is 2. The number of primary amides is 1. The third kappa shape index (κ3) is 5.43. The molecule has 0 unspecified atom stereocenters. The Kier molecular flexibility index (Phi) is 6.71. The first kappa shape index (κ1) is 18.7. The van der Waals surface area contributed by atoms with Gasteiger partial charge in [-0.25, -0.2) is 0 Å². The van der Waals surface area contributed by atoms with Gasteiger partial charge in [0.2, 0.25) is 5.91 Å². The molecule has 2 aromatic carbocycles. The summed E-state index contributed by atoms with van der Waals surface area (Å²) in [6, 6.07) is 16.3. The first-order chi connectivity index (χ1) is 12.0. The van der Waals surface area contributed by atoms with Crippen LogP contribution in [0, 0.1) is 0 Å². The van der Waals surface area contributed by atoms with Gasteiger partial charge in [-0.15, -0.1) is 0 Å². The van der Waals surface area contributed by atoms with Crippen molar-refractivity contribution in [2.45, 2.75) is 38.9 Å². The van der Waals surface area contributed by atoms with Crippen LogP contribution in [-0.4, -0.2) is 17.9 Å². The van der Waals surface area contributed by atoms with Gasteiger partial charge in [-0.2, -0.15) is 0 Å². The second kappa shape index (κ2) is 8.99. The number of hydrogen-bond donors (Lipinski definition) is 3. The normalized spacial score (nSPS) is 13.0. The van der Waals surface area contributed by atoms with Crippen LogP contribution in [0.25, 0.3) is 0 Å². The molecule has 0 fully saturated rings. The summed E-state index contributed by atoms with van der Waals surface area (Å²) in [6.45, 7) is 4.49. The van der Waals surface area contributed by atoms with Crippen molar-refractivity contribution in [2.75, 3.05) is 0 Å². The smallest absolute Gasteiger partial charge is 0.251 e. The van der Waals surface area contributed by atoms with Gasteiger partial charge in [0, 0.05) is 18.2 Å². The van der Waals surface area contributed by atoms with Crippen LogP contribution >= 0.6 is 0 Å². The first-order valence-electron chi connectivity index (χ1n) is 8.48. The standard InChI is InChI=1S/C20H25N3O2/c1-3-14(2)23-20(25)17-11-9-15(10-12-17)13-22-18(19(21)24)16-7-5-4-6-8-16/h4-12,14,18,22H,3,13H2,1-2H3,(H2,21,24)(H,23,25)/t14-,18+/m0/s1. The summed E-state index contributed by atoms with van der Waals surface area (Å²) in [7, 11) is 0. The van der Waals surface area contributed by atoms with Gasteiger partial charge in [0.05, 0.1) is 0 Å². The third-order valence-corrected chi connectivity index (χ3v) is 4.13. The molecule has 5 heteroatoms. The summed E-state index contributed by atoms with van der Waals surface area (Å²) in [5.74, 6) is -0.496. The largest absolute Gasteiger partial charge is 0.368 e. The molecule has 0 radical (unpaired) electrons. The number of rotatable bonds is 8. The van der Waals surface area contributed by atoms with E-state index in [4.69, 9.17) is 5.73 Å². The predicted molar refractivity (Wildman–Crippen MR) is 98.9 cm³/mol. The number of amides is 2. The fourth-order valence-corrected chi connectivity index (χ4v) is 2.43. The number of benzene rings is 2. The van der Waals surface area contributed by atoms with Crippen LogP contribution in [0.5, 0.6) is 0 Å². The van der Waals surface area contributed by atoms with Crippen LogP contribution in [0.3, 0.4) is 0 Å². The van der Waals surface area contributed by atoms with Crippen LogP contribution < -0.4 is 16.4 Å². The average molecular weight is 339 g/mol. The van der Waals surface area contributed by atoms with Crippen molar-refractivity contribution in [3.05, 3.63) is 71.3 Å². The molecule has 0 aliphatic heterocycles. The zero-order chi connectivity index (χ0) is 18.2. The summed E-state index contributed by atoms with van der Waals surface area (Å²) < 4.78 is 0. The van der Waals surface area contributed by atoms with Crippen LogP contribution in [-0.2, 0) is 11.3 Å². The highest BCUT2D eigenvalue weighted by molar-refractivity contribution is 5.94. The summed E-state index contributed by atoms with van der Waals surface area (Å²) in [4.78, 5) is 23.8. The van der Waals surface area contributed by atoms with E-state index in [1.54, 1.807) is 12.1 Å². The van der Waals surface area contributed by atoms with Crippen molar-refractivity contribution >= 4 is 11.8 Å². The Labute approximate surface area is 148 Å². The Morgan fingerprint density at radius 3 is 2.24 bits per heavy atom. The van der Waals surface area contributed by atoms with Crippen molar-refractivity contribution in [3.8, 4) is 0 Å². The Bertz CT molecular complexity index is 699. The van der Waals surface area contributed by atoms with E-state index in [9.17, 15) is 9.59 Å². The molecule has 132 valence electrons. The van der Waals surface area contributed by atoms with Gasteiger partial charge >= 0.3 is 0 Å². The van der Waals surface area contributed by atoms with Crippen molar-refractivity contribution in [3.63, 3.8) is 0 Å². The first-order valence-corrected chi connectivity index (χ1v) is 8.48. The van der Waals surface area contributed by atoms with Gasteiger partial charge in [-0.1, -0.05) is 49.4 Å². The van der Waals surface area contributed by atoms with Crippen molar-refractivity contribution < 1.29 is 9.59 Å². The maximum absolute atomic E-state index is 12.1. The van der Waals surface area contributed by atoms with Crippen LogP contribution in [0.1, 0.15) is 47.8 Å². The van der Waals surface area contributed by atoms with E-state index < -0.39 is 11.9 Å². The molecule has 4 N–H and O–H groups in total. The SMILES string of the molecule is CC[C@H](C)NC(=O)c1ccc(CN[C@@H](C(N)=O)c2ccccc2)cc1. The number of nitrogens with two attached hydrogens (primary N) is 1.